The van der Waals surface area contributed by atoms with Crippen LogP contribution in [0.1, 0.15) is 51.7 Å². The van der Waals surface area contributed by atoms with Crippen LogP contribution in [0.2, 0.25) is 0 Å². The van der Waals surface area contributed by atoms with Crippen molar-refractivity contribution in [3.63, 3.8) is 0 Å². The van der Waals surface area contributed by atoms with E-state index in [-0.39, 0.29) is 11.8 Å². The summed E-state index contributed by atoms with van der Waals surface area (Å²) >= 11 is 1.78. The third kappa shape index (κ3) is 6.66. The van der Waals surface area contributed by atoms with Crippen LogP contribution in [0.25, 0.3) is 10.2 Å². The lowest BCUT2D eigenvalue weighted by atomic mass is 9.96. The van der Waals surface area contributed by atoms with Crippen LogP contribution in [0.4, 0.5) is 5.13 Å². The Morgan fingerprint density at radius 1 is 1.16 bits per heavy atom. The lowest BCUT2D eigenvalue weighted by Crippen LogP contribution is -2.43. The zero-order valence-electron chi connectivity index (χ0n) is 20.2. The Bertz CT molecular complexity index is 858. The van der Waals surface area contributed by atoms with E-state index >= 15 is 0 Å². The van der Waals surface area contributed by atoms with Crippen LogP contribution in [0, 0.1) is 31.6 Å². The van der Waals surface area contributed by atoms with Crippen molar-refractivity contribution in [1.29, 1.82) is 0 Å². The van der Waals surface area contributed by atoms with Gasteiger partial charge in [0.2, 0.25) is 5.91 Å². The number of anilines is 1. The molecule has 6 heteroatoms. The number of hydrogen-bond acceptors (Lipinski definition) is 5. The average Bonchev–Trinajstić information content (AvgIpc) is 3.11. The number of nitrogens with one attached hydrogen (secondary N) is 1. The molecule has 1 fully saturated rings. The third-order valence-electron chi connectivity index (χ3n) is 5.93. The van der Waals surface area contributed by atoms with Crippen LogP contribution in [0.3, 0.4) is 0 Å². The number of rotatable bonds is 9. The van der Waals surface area contributed by atoms with E-state index in [2.05, 4.69) is 68.8 Å². The number of nitrogens with zero attached hydrogens (tertiary/aromatic N) is 3. The van der Waals surface area contributed by atoms with Gasteiger partial charge in [0.15, 0.2) is 5.13 Å². The number of piperidine rings is 1. The Kier molecular flexibility index (Phi) is 8.34. The summed E-state index contributed by atoms with van der Waals surface area (Å²) in [6, 6.07) is 4.43. The fraction of sp³-hybridized carbons (Fsp3) is 0.680. The Morgan fingerprint density at radius 3 is 2.42 bits per heavy atom. The molecule has 3 rings (SSSR count). The maximum atomic E-state index is 12.7. The molecule has 1 aliphatic rings. The van der Waals surface area contributed by atoms with Crippen LogP contribution in [0.5, 0.6) is 0 Å². The van der Waals surface area contributed by atoms with E-state index in [0.717, 1.165) is 62.8 Å². The molecular weight excluding hydrogens is 404 g/mol. The number of aryl methyl sites for hydroxylation is 2. The number of thiazole rings is 1. The normalized spacial score (nSPS) is 15.6. The number of hydrogen-bond donors (Lipinski definition) is 1. The van der Waals surface area contributed by atoms with Gasteiger partial charge in [-0.3, -0.25) is 4.79 Å². The second kappa shape index (κ2) is 10.8. The van der Waals surface area contributed by atoms with Crippen LogP contribution in [-0.4, -0.2) is 55.1 Å². The van der Waals surface area contributed by atoms with Crippen molar-refractivity contribution in [2.45, 2.75) is 54.4 Å². The average molecular weight is 445 g/mol. The predicted octanol–water partition coefficient (Wildman–Crippen LogP) is 4.86. The van der Waals surface area contributed by atoms with Crippen LogP contribution < -0.4 is 10.2 Å². The van der Waals surface area contributed by atoms with Gasteiger partial charge < -0.3 is 15.1 Å². The highest BCUT2D eigenvalue weighted by atomic mass is 32.1. The quantitative estimate of drug-likeness (QED) is 0.600. The van der Waals surface area contributed by atoms with Crippen LogP contribution in [0.15, 0.2) is 12.1 Å². The first-order valence-electron chi connectivity index (χ1n) is 11.9. The molecule has 0 atom stereocenters. The monoisotopic (exact) mass is 444 g/mol. The summed E-state index contributed by atoms with van der Waals surface area (Å²) in [6.07, 6.45) is 1.81. The van der Waals surface area contributed by atoms with Gasteiger partial charge in [0.1, 0.15) is 0 Å². The first-order valence-corrected chi connectivity index (χ1v) is 12.7. The molecule has 5 nitrogen and oxygen atoms in total. The lowest BCUT2D eigenvalue weighted by molar-refractivity contribution is -0.125. The van der Waals surface area contributed by atoms with Crippen molar-refractivity contribution < 1.29 is 4.79 Å². The van der Waals surface area contributed by atoms with Gasteiger partial charge in [-0.25, -0.2) is 4.98 Å². The zero-order chi connectivity index (χ0) is 22.5. The number of fused-ring (bicyclic) bond motifs is 1. The number of amides is 1. The molecule has 0 radical (unpaired) electrons. The minimum Gasteiger partial charge on any atom is -0.355 e. The molecule has 0 bridgehead atoms. The lowest BCUT2D eigenvalue weighted by Gasteiger charge is -2.31. The second-order valence-corrected chi connectivity index (χ2v) is 11.0. The zero-order valence-corrected chi connectivity index (χ0v) is 21.0. The fourth-order valence-electron chi connectivity index (χ4n) is 4.60. The maximum Gasteiger partial charge on any atom is 0.223 e. The van der Waals surface area contributed by atoms with Crippen molar-refractivity contribution >= 4 is 32.6 Å². The highest BCUT2D eigenvalue weighted by Crippen LogP contribution is 2.33. The molecule has 1 amide bonds. The number of benzene rings is 1. The van der Waals surface area contributed by atoms with E-state index in [4.69, 9.17) is 4.98 Å². The molecule has 1 aromatic carbocycles. The Hall–Kier alpha value is -1.66. The topological polar surface area (TPSA) is 48.5 Å². The summed E-state index contributed by atoms with van der Waals surface area (Å²) in [5.74, 6) is 1.64. The van der Waals surface area contributed by atoms with E-state index in [1.165, 1.54) is 15.8 Å². The van der Waals surface area contributed by atoms with Crippen molar-refractivity contribution in [3.8, 4) is 0 Å². The molecule has 172 valence electrons. The first kappa shape index (κ1) is 24.0. The SMILES string of the molecule is Cc1cc(C)c2nc(N3CCC(C(=O)NCCN(CC(C)C)CC(C)C)CC3)sc2c1. The fourth-order valence-corrected chi connectivity index (χ4v) is 5.79. The second-order valence-electron chi connectivity index (χ2n) is 10.0. The van der Waals surface area contributed by atoms with Gasteiger partial charge in [0.25, 0.3) is 0 Å². The highest BCUT2D eigenvalue weighted by Gasteiger charge is 2.26. The van der Waals surface area contributed by atoms with Crippen molar-refractivity contribution in [1.82, 2.24) is 15.2 Å². The molecule has 0 aliphatic carbocycles. The standard InChI is InChI=1S/C25H40N4OS/c1-17(2)15-28(16-18(3)4)12-9-26-24(30)21-7-10-29(11-8-21)25-27-23-20(6)13-19(5)14-22(23)31-25/h13-14,17-18,21H,7-12,15-16H2,1-6H3,(H,26,30). The van der Waals surface area contributed by atoms with Crippen molar-refractivity contribution in [3.05, 3.63) is 23.3 Å². The molecule has 1 aliphatic heterocycles. The molecule has 31 heavy (non-hydrogen) atoms. The van der Waals surface area contributed by atoms with E-state index in [9.17, 15) is 4.79 Å². The van der Waals surface area contributed by atoms with Gasteiger partial charge in [-0.2, -0.15) is 0 Å². The minimum atomic E-state index is 0.123. The molecule has 0 spiro atoms. The third-order valence-corrected chi connectivity index (χ3v) is 6.99. The van der Waals surface area contributed by atoms with Gasteiger partial charge in [0.05, 0.1) is 10.2 Å². The van der Waals surface area contributed by atoms with Gasteiger partial charge in [-0.05, 0) is 55.7 Å². The molecule has 1 N–H and O–H groups in total. The largest absolute Gasteiger partial charge is 0.355 e. The maximum absolute atomic E-state index is 12.7. The number of carbonyl (C=O) groups is 1. The van der Waals surface area contributed by atoms with Crippen LogP contribution in [-0.2, 0) is 4.79 Å². The smallest absolute Gasteiger partial charge is 0.223 e. The Balaban J connectivity index is 1.48. The molecule has 2 heterocycles. The molecular formula is C25H40N4OS. The molecule has 1 saturated heterocycles. The summed E-state index contributed by atoms with van der Waals surface area (Å²) in [6.45, 7) is 19.0. The van der Waals surface area contributed by atoms with E-state index in [1.54, 1.807) is 11.3 Å². The summed E-state index contributed by atoms with van der Waals surface area (Å²) in [4.78, 5) is 22.5. The van der Waals surface area contributed by atoms with Gasteiger partial charge >= 0.3 is 0 Å². The van der Waals surface area contributed by atoms with Crippen LogP contribution >= 0.6 is 11.3 Å². The van der Waals surface area contributed by atoms with Gasteiger partial charge in [0, 0.05) is 45.2 Å². The summed E-state index contributed by atoms with van der Waals surface area (Å²) in [5.41, 5.74) is 3.66. The minimum absolute atomic E-state index is 0.123. The molecule has 0 saturated carbocycles. The molecule has 2 aromatic rings. The van der Waals surface area contributed by atoms with Crippen molar-refractivity contribution in [2.24, 2.45) is 17.8 Å². The van der Waals surface area contributed by atoms with Gasteiger partial charge in [-0.1, -0.05) is 45.1 Å². The summed E-state index contributed by atoms with van der Waals surface area (Å²) < 4.78 is 1.26. The Labute approximate surface area is 192 Å². The van der Waals surface area contributed by atoms with Gasteiger partial charge in [-0.15, -0.1) is 0 Å². The van der Waals surface area contributed by atoms with E-state index in [1.807, 2.05) is 0 Å². The highest BCUT2D eigenvalue weighted by molar-refractivity contribution is 7.22. The Morgan fingerprint density at radius 2 is 1.81 bits per heavy atom. The van der Waals surface area contributed by atoms with Crippen molar-refractivity contribution in [2.75, 3.05) is 44.2 Å². The number of aromatic nitrogens is 1. The van der Waals surface area contributed by atoms with E-state index in [0.29, 0.717) is 11.8 Å². The molecule has 1 aromatic heterocycles. The predicted molar refractivity (Wildman–Crippen MR) is 133 cm³/mol. The summed E-state index contributed by atoms with van der Waals surface area (Å²) in [5, 5.41) is 4.30. The number of carbonyl (C=O) groups excluding carboxylic acids is 1. The summed E-state index contributed by atoms with van der Waals surface area (Å²) in [7, 11) is 0. The first-order chi connectivity index (χ1) is 14.7. The molecule has 0 unspecified atom stereocenters. The van der Waals surface area contributed by atoms with E-state index < -0.39 is 0 Å².